The lowest BCUT2D eigenvalue weighted by atomic mass is 10.3. The summed E-state index contributed by atoms with van der Waals surface area (Å²) in [7, 11) is 0. The predicted octanol–water partition coefficient (Wildman–Crippen LogP) is 0.464. The van der Waals surface area contributed by atoms with Crippen LogP contribution < -0.4 is 5.32 Å². The molecule has 2 aromatic rings. The van der Waals surface area contributed by atoms with E-state index in [1.54, 1.807) is 16.9 Å². The Balaban J connectivity index is 1.95. The average molecular weight is 264 g/mol. The van der Waals surface area contributed by atoms with Gasteiger partial charge in [0.1, 0.15) is 0 Å². The molecular weight excluding hydrogens is 252 g/mol. The van der Waals surface area contributed by atoms with E-state index < -0.39 is 10.8 Å². The van der Waals surface area contributed by atoms with Crippen molar-refractivity contribution in [3.05, 3.63) is 39.8 Å². The number of rotatable bonds is 5. The molecule has 0 bridgehead atoms. The molecule has 0 aliphatic heterocycles. The van der Waals surface area contributed by atoms with E-state index in [-0.39, 0.29) is 18.1 Å². The Labute approximate surface area is 107 Å². The molecule has 2 aromatic heterocycles. The maximum Gasteiger partial charge on any atom is 0.343 e. The van der Waals surface area contributed by atoms with E-state index in [2.05, 4.69) is 20.6 Å². The van der Waals surface area contributed by atoms with Gasteiger partial charge in [-0.25, -0.2) is 0 Å². The Hall–Kier alpha value is -2.71. The van der Waals surface area contributed by atoms with E-state index in [0.29, 0.717) is 5.69 Å². The van der Waals surface area contributed by atoms with Gasteiger partial charge < -0.3 is 15.4 Å². The normalized spacial score (nSPS) is 10.4. The van der Waals surface area contributed by atoms with Crippen LogP contribution in [0.5, 0.6) is 0 Å². The summed E-state index contributed by atoms with van der Waals surface area (Å²) in [5.41, 5.74) is 0.682. The van der Waals surface area contributed by atoms with Crippen molar-refractivity contribution in [3.63, 3.8) is 0 Å². The fourth-order valence-corrected chi connectivity index (χ4v) is 1.46. The Kier molecular flexibility index (Phi) is 3.55. The highest BCUT2D eigenvalue weighted by Crippen LogP contribution is 2.07. The maximum absolute atomic E-state index is 11.7. The summed E-state index contributed by atoms with van der Waals surface area (Å²) >= 11 is 0. The number of nitrogens with zero attached hydrogens (tertiary/aromatic N) is 4. The number of aromatic nitrogens is 4. The molecule has 0 fully saturated rings. The summed E-state index contributed by atoms with van der Waals surface area (Å²) in [5, 5.41) is 23.0. The van der Waals surface area contributed by atoms with E-state index in [4.69, 9.17) is 0 Å². The quantitative estimate of drug-likeness (QED) is 0.600. The first kappa shape index (κ1) is 12.7. The summed E-state index contributed by atoms with van der Waals surface area (Å²) in [6, 6.07) is 2.87. The lowest BCUT2D eigenvalue weighted by Gasteiger charge is -1.99. The van der Waals surface area contributed by atoms with Crippen LogP contribution in [-0.2, 0) is 13.1 Å². The van der Waals surface area contributed by atoms with Crippen LogP contribution in [0.15, 0.2) is 18.3 Å². The van der Waals surface area contributed by atoms with Crippen molar-refractivity contribution in [1.29, 1.82) is 0 Å². The number of hydrogen-bond donors (Lipinski definition) is 2. The molecule has 0 saturated heterocycles. The highest BCUT2D eigenvalue weighted by atomic mass is 16.6. The predicted molar refractivity (Wildman–Crippen MR) is 64.3 cm³/mol. The molecule has 0 spiro atoms. The second kappa shape index (κ2) is 5.29. The molecule has 9 heteroatoms. The average Bonchev–Trinajstić information content (AvgIpc) is 3.04. The maximum atomic E-state index is 11.7. The summed E-state index contributed by atoms with van der Waals surface area (Å²) in [6.07, 6.45) is 1.81. The number of nitrogens with one attached hydrogen (secondary N) is 2. The molecule has 0 atom stereocenters. The van der Waals surface area contributed by atoms with Crippen LogP contribution in [0.2, 0.25) is 0 Å². The number of aryl methyl sites for hydroxylation is 1. The largest absolute Gasteiger partial charge is 0.358 e. The van der Waals surface area contributed by atoms with Crippen molar-refractivity contribution >= 4 is 11.7 Å². The van der Waals surface area contributed by atoms with Gasteiger partial charge in [0.15, 0.2) is 5.69 Å². The zero-order valence-corrected chi connectivity index (χ0v) is 10.2. The third kappa shape index (κ3) is 2.94. The van der Waals surface area contributed by atoms with Crippen LogP contribution in [0.25, 0.3) is 0 Å². The van der Waals surface area contributed by atoms with Crippen molar-refractivity contribution in [1.82, 2.24) is 25.3 Å². The molecule has 19 heavy (non-hydrogen) atoms. The van der Waals surface area contributed by atoms with E-state index in [1.165, 1.54) is 0 Å². The molecule has 0 unspecified atom stereocenters. The topological polar surface area (TPSA) is 119 Å². The minimum Gasteiger partial charge on any atom is -0.358 e. The standard InChI is InChI=1S/C10H12N6O3/c1-2-15-4-3-7(14-15)6-11-10(17)8-5-9(13-12-8)16(18)19/h3-5H,2,6H2,1H3,(H,11,17)(H,12,13). The van der Waals surface area contributed by atoms with Gasteiger partial charge in [0.25, 0.3) is 5.91 Å². The van der Waals surface area contributed by atoms with Gasteiger partial charge >= 0.3 is 5.82 Å². The summed E-state index contributed by atoms with van der Waals surface area (Å²) in [6.45, 7) is 2.95. The molecule has 2 heterocycles. The minimum absolute atomic E-state index is 0.0263. The lowest BCUT2D eigenvalue weighted by Crippen LogP contribution is -2.23. The van der Waals surface area contributed by atoms with Gasteiger partial charge in [-0.2, -0.15) is 5.10 Å². The highest BCUT2D eigenvalue weighted by molar-refractivity contribution is 5.92. The van der Waals surface area contributed by atoms with Crippen LogP contribution in [0, 0.1) is 10.1 Å². The van der Waals surface area contributed by atoms with Gasteiger partial charge in [0.2, 0.25) is 0 Å². The zero-order chi connectivity index (χ0) is 13.8. The van der Waals surface area contributed by atoms with Crippen molar-refractivity contribution in [2.24, 2.45) is 0 Å². The third-order valence-corrected chi connectivity index (χ3v) is 2.44. The Morgan fingerprint density at radius 2 is 2.42 bits per heavy atom. The van der Waals surface area contributed by atoms with Crippen molar-refractivity contribution in [3.8, 4) is 0 Å². The van der Waals surface area contributed by atoms with Gasteiger partial charge in [0, 0.05) is 12.7 Å². The second-order valence-corrected chi connectivity index (χ2v) is 3.74. The number of carbonyl (C=O) groups excluding carboxylic acids is 1. The van der Waals surface area contributed by atoms with Gasteiger partial charge in [-0.05, 0) is 17.9 Å². The van der Waals surface area contributed by atoms with Gasteiger partial charge in [-0.1, -0.05) is 5.10 Å². The fourth-order valence-electron chi connectivity index (χ4n) is 1.46. The first-order valence-electron chi connectivity index (χ1n) is 5.60. The second-order valence-electron chi connectivity index (χ2n) is 3.74. The van der Waals surface area contributed by atoms with Gasteiger partial charge in [-0.15, -0.1) is 5.10 Å². The molecule has 2 rings (SSSR count). The first-order chi connectivity index (χ1) is 9.10. The number of aromatic amines is 1. The molecular formula is C10H12N6O3. The highest BCUT2D eigenvalue weighted by Gasteiger charge is 2.16. The molecule has 0 radical (unpaired) electrons. The summed E-state index contributed by atoms with van der Waals surface area (Å²) in [5.74, 6) is -0.809. The molecule has 100 valence electrons. The number of nitro groups is 1. The summed E-state index contributed by atoms with van der Waals surface area (Å²) in [4.78, 5) is 21.5. The SMILES string of the molecule is CCn1ccc(CNC(=O)c2cc([N+](=O)[O-])[nH]n2)n1. The van der Waals surface area contributed by atoms with Crippen LogP contribution in [0.4, 0.5) is 5.82 Å². The zero-order valence-electron chi connectivity index (χ0n) is 10.2. The minimum atomic E-state index is -0.646. The summed E-state index contributed by atoms with van der Waals surface area (Å²) < 4.78 is 1.74. The molecule has 9 nitrogen and oxygen atoms in total. The smallest absolute Gasteiger partial charge is 0.343 e. The lowest BCUT2D eigenvalue weighted by molar-refractivity contribution is -0.389. The number of amides is 1. The van der Waals surface area contributed by atoms with E-state index >= 15 is 0 Å². The van der Waals surface area contributed by atoms with Crippen LogP contribution in [0.1, 0.15) is 23.1 Å². The van der Waals surface area contributed by atoms with E-state index in [9.17, 15) is 14.9 Å². The molecule has 0 aliphatic carbocycles. The Bertz CT molecular complexity index is 602. The number of hydrogen-bond acceptors (Lipinski definition) is 5. The molecule has 0 aromatic carbocycles. The van der Waals surface area contributed by atoms with E-state index in [1.807, 2.05) is 6.92 Å². The van der Waals surface area contributed by atoms with Crippen LogP contribution in [-0.4, -0.2) is 30.8 Å². The molecule has 2 N–H and O–H groups in total. The van der Waals surface area contributed by atoms with Crippen LogP contribution in [0.3, 0.4) is 0 Å². The van der Waals surface area contributed by atoms with Crippen molar-refractivity contribution < 1.29 is 9.72 Å². The molecule has 0 saturated carbocycles. The van der Waals surface area contributed by atoms with Gasteiger partial charge in [-0.3, -0.25) is 9.48 Å². The van der Waals surface area contributed by atoms with Crippen molar-refractivity contribution in [2.45, 2.75) is 20.0 Å². The fraction of sp³-hybridized carbons (Fsp3) is 0.300. The van der Waals surface area contributed by atoms with Crippen molar-refractivity contribution in [2.75, 3.05) is 0 Å². The van der Waals surface area contributed by atoms with Crippen LogP contribution >= 0.6 is 0 Å². The number of carbonyl (C=O) groups is 1. The first-order valence-corrected chi connectivity index (χ1v) is 5.60. The third-order valence-electron chi connectivity index (χ3n) is 2.44. The van der Waals surface area contributed by atoms with Gasteiger partial charge in [0.05, 0.1) is 18.3 Å². The van der Waals surface area contributed by atoms with E-state index in [0.717, 1.165) is 12.6 Å². The molecule has 1 amide bonds. The molecule has 0 aliphatic rings. The monoisotopic (exact) mass is 264 g/mol. The Morgan fingerprint density at radius 3 is 3.00 bits per heavy atom. The Morgan fingerprint density at radius 1 is 1.63 bits per heavy atom. The number of H-pyrrole nitrogens is 1.